The highest BCUT2D eigenvalue weighted by molar-refractivity contribution is 6.34. The van der Waals surface area contributed by atoms with Gasteiger partial charge in [-0.15, -0.1) is 12.4 Å². The zero-order valence-corrected chi connectivity index (χ0v) is 20.9. The van der Waals surface area contributed by atoms with E-state index in [-0.39, 0.29) is 24.2 Å². The van der Waals surface area contributed by atoms with Crippen LogP contribution in [0, 0.1) is 0 Å². The molecule has 33 heavy (non-hydrogen) atoms. The summed E-state index contributed by atoms with van der Waals surface area (Å²) in [6.45, 7) is 3.44. The Hall–Kier alpha value is -1.79. The quantitative estimate of drug-likeness (QED) is 0.575. The summed E-state index contributed by atoms with van der Waals surface area (Å²) in [6, 6.07) is 14.1. The highest BCUT2D eigenvalue weighted by atomic mass is 35.5. The van der Waals surface area contributed by atoms with Crippen LogP contribution in [-0.2, 0) is 22.4 Å². The van der Waals surface area contributed by atoms with Crippen molar-refractivity contribution in [2.45, 2.75) is 50.6 Å². The van der Waals surface area contributed by atoms with E-state index in [2.05, 4.69) is 9.80 Å². The molecule has 2 fully saturated rings. The summed E-state index contributed by atoms with van der Waals surface area (Å²) < 4.78 is 0. The van der Waals surface area contributed by atoms with E-state index >= 15 is 0 Å². The number of likely N-dealkylation sites (tertiary alicyclic amines) is 1. The monoisotopic (exact) mass is 507 g/mol. The molecule has 0 bridgehead atoms. The highest BCUT2D eigenvalue weighted by Crippen LogP contribution is 2.41. The SMILES string of the molecule is CC(=O)N1CN(c2ccccc2)C2(CCN(C3CCc4c(Cl)ccc(Cl)c4C3)CC2)C1=O.Cl. The number of nitrogens with zero attached hydrogens (tertiary/aromatic N) is 3. The molecular formula is C25H28Cl3N3O2. The third-order valence-electron chi connectivity index (χ3n) is 7.52. The van der Waals surface area contributed by atoms with Crippen LogP contribution in [0.3, 0.4) is 0 Å². The number of carbonyl (C=O) groups excluding carboxylic acids is 2. The van der Waals surface area contributed by atoms with Crippen LogP contribution in [0.4, 0.5) is 5.69 Å². The first-order chi connectivity index (χ1) is 15.4. The number of imide groups is 1. The maximum absolute atomic E-state index is 13.4. The van der Waals surface area contributed by atoms with Gasteiger partial charge < -0.3 is 4.90 Å². The predicted molar refractivity (Wildman–Crippen MR) is 134 cm³/mol. The Morgan fingerprint density at radius 1 is 1.00 bits per heavy atom. The molecule has 3 aliphatic rings. The number of piperidine rings is 1. The Bertz CT molecular complexity index is 1050. The van der Waals surface area contributed by atoms with Crippen molar-refractivity contribution < 1.29 is 9.59 Å². The minimum absolute atomic E-state index is 0. The predicted octanol–water partition coefficient (Wildman–Crippen LogP) is 4.96. The molecule has 176 valence electrons. The second kappa shape index (κ2) is 9.46. The summed E-state index contributed by atoms with van der Waals surface area (Å²) in [5.41, 5.74) is 2.69. The van der Waals surface area contributed by atoms with Crippen molar-refractivity contribution in [3.05, 3.63) is 63.6 Å². The summed E-state index contributed by atoms with van der Waals surface area (Å²) >= 11 is 12.9. The van der Waals surface area contributed by atoms with E-state index in [0.29, 0.717) is 25.6 Å². The lowest BCUT2D eigenvalue weighted by atomic mass is 9.82. The number of halogens is 3. The third-order valence-corrected chi connectivity index (χ3v) is 8.22. The maximum Gasteiger partial charge on any atom is 0.256 e. The number of fused-ring (bicyclic) bond motifs is 1. The second-order valence-corrected chi connectivity index (χ2v) is 9.92. The van der Waals surface area contributed by atoms with Gasteiger partial charge in [0.05, 0.1) is 0 Å². The van der Waals surface area contributed by atoms with Gasteiger partial charge in [-0.05, 0) is 67.5 Å². The average molecular weight is 509 g/mol. The topological polar surface area (TPSA) is 43.9 Å². The van der Waals surface area contributed by atoms with E-state index in [1.165, 1.54) is 23.0 Å². The number of hydrogen-bond acceptors (Lipinski definition) is 4. The van der Waals surface area contributed by atoms with Gasteiger partial charge in [0.1, 0.15) is 12.2 Å². The van der Waals surface area contributed by atoms with Crippen LogP contribution < -0.4 is 4.90 Å². The smallest absolute Gasteiger partial charge is 0.256 e. The van der Waals surface area contributed by atoms with Crippen LogP contribution in [-0.4, -0.2) is 53.0 Å². The van der Waals surface area contributed by atoms with Crippen molar-refractivity contribution in [3.8, 4) is 0 Å². The number of anilines is 1. The number of hydrogen-bond donors (Lipinski definition) is 0. The Kier molecular flexibility index (Phi) is 6.97. The lowest BCUT2D eigenvalue weighted by molar-refractivity contribution is -0.143. The molecule has 1 spiro atoms. The van der Waals surface area contributed by atoms with Gasteiger partial charge in [-0.2, -0.15) is 0 Å². The summed E-state index contributed by atoms with van der Waals surface area (Å²) in [5.74, 6) is -0.247. The summed E-state index contributed by atoms with van der Waals surface area (Å²) in [6.07, 6.45) is 4.26. The standard InChI is InChI=1S/C25H27Cl2N3O2.ClH/c1-17(31)29-16-30(18-5-3-2-4-6-18)25(24(29)32)11-13-28(14-12-25)19-7-8-20-21(15-19)23(27)10-9-22(20)26;/h2-6,9-10,19H,7-8,11-16H2,1H3;1H. The largest absolute Gasteiger partial charge is 0.338 e. The minimum atomic E-state index is -0.656. The molecule has 8 heteroatoms. The molecule has 2 heterocycles. The zero-order valence-electron chi connectivity index (χ0n) is 18.6. The number of benzene rings is 2. The molecule has 0 saturated carbocycles. The van der Waals surface area contributed by atoms with Crippen LogP contribution >= 0.6 is 35.6 Å². The normalized spacial score (nSPS) is 22.3. The van der Waals surface area contributed by atoms with Gasteiger partial charge in [0.2, 0.25) is 5.91 Å². The summed E-state index contributed by atoms with van der Waals surface area (Å²) in [5, 5.41) is 1.60. The molecule has 1 aliphatic carbocycles. The van der Waals surface area contributed by atoms with Crippen molar-refractivity contribution in [3.63, 3.8) is 0 Å². The van der Waals surface area contributed by atoms with Crippen LogP contribution in [0.1, 0.15) is 37.3 Å². The second-order valence-electron chi connectivity index (χ2n) is 9.11. The lowest BCUT2D eigenvalue weighted by Crippen LogP contribution is -2.58. The molecular weight excluding hydrogens is 481 g/mol. The Balaban J connectivity index is 0.00000259. The number of rotatable bonds is 2. The molecule has 0 radical (unpaired) electrons. The van der Waals surface area contributed by atoms with Crippen molar-refractivity contribution in [1.29, 1.82) is 0 Å². The van der Waals surface area contributed by atoms with Crippen molar-refractivity contribution in [2.75, 3.05) is 24.7 Å². The molecule has 2 amide bonds. The van der Waals surface area contributed by atoms with E-state index in [4.69, 9.17) is 23.2 Å². The van der Waals surface area contributed by atoms with Gasteiger partial charge in [-0.25, -0.2) is 0 Å². The fourth-order valence-electron chi connectivity index (χ4n) is 5.72. The van der Waals surface area contributed by atoms with Crippen LogP contribution in [0.2, 0.25) is 10.0 Å². The van der Waals surface area contributed by atoms with Gasteiger partial charge in [0, 0.05) is 41.8 Å². The molecule has 1 unspecified atom stereocenters. The average Bonchev–Trinajstić information content (AvgIpc) is 3.09. The fourth-order valence-corrected chi connectivity index (χ4v) is 6.24. The molecule has 5 rings (SSSR count). The molecule has 5 nitrogen and oxygen atoms in total. The molecule has 0 aromatic heterocycles. The van der Waals surface area contributed by atoms with Gasteiger partial charge in [-0.3, -0.25) is 19.4 Å². The van der Waals surface area contributed by atoms with E-state index < -0.39 is 5.54 Å². The molecule has 2 aromatic carbocycles. The molecule has 2 aliphatic heterocycles. The Morgan fingerprint density at radius 2 is 1.64 bits per heavy atom. The van der Waals surface area contributed by atoms with E-state index in [1.54, 1.807) is 0 Å². The first-order valence-corrected chi connectivity index (χ1v) is 12.0. The molecule has 2 saturated heterocycles. The highest BCUT2D eigenvalue weighted by Gasteiger charge is 2.55. The Morgan fingerprint density at radius 3 is 2.27 bits per heavy atom. The fraction of sp³-hybridized carbons (Fsp3) is 0.440. The van der Waals surface area contributed by atoms with Crippen LogP contribution in [0.15, 0.2) is 42.5 Å². The van der Waals surface area contributed by atoms with Crippen molar-refractivity contribution in [2.24, 2.45) is 0 Å². The molecule has 0 N–H and O–H groups in total. The number of para-hydroxylation sites is 1. The van der Waals surface area contributed by atoms with Gasteiger partial charge in [0.15, 0.2) is 0 Å². The van der Waals surface area contributed by atoms with E-state index in [0.717, 1.165) is 48.1 Å². The van der Waals surface area contributed by atoms with Gasteiger partial charge in [0.25, 0.3) is 5.91 Å². The number of amides is 2. The van der Waals surface area contributed by atoms with Crippen LogP contribution in [0.25, 0.3) is 0 Å². The first-order valence-electron chi connectivity index (χ1n) is 11.3. The minimum Gasteiger partial charge on any atom is -0.338 e. The summed E-state index contributed by atoms with van der Waals surface area (Å²) in [7, 11) is 0. The van der Waals surface area contributed by atoms with Crippen LogP contribution in [0.5, 0.6) is 0 Å². The lowest BCUT2D eigenvalue weighted by Gasteiger charge is -2.46. The maximum atomic E-state index is 13.4. The van der Waals surface area contributed by atoms with Crippen molar-refractivity contribution >= 4 is 53.1 Å². The Labute approximate surface area is 211 Å². The molecule has 1 atom stereocenters. The first kappa shape index (κ1) is 24.3. The third kappa shape index (κ3) is 4.14. The number of carbonyl (C=O) groups is 2. The summed E-state index contributed by atoms with van der Waals surface area (Å²) in [4.78, 5) is 31.7. The van der Waals surface area contributed by atoms with E-state index in [1.807, 2.05) is 42.5 Å². The molecule has 2 aromatic rings. The van der Waals surface area contributed by atoms with Crippen molar-refractivity contribution in [1.82, 2.24) is 9.80 Å². The van der Waals surface area contributed by atoms with Gasteiger partial charge >= 0.3 is 0 Å². The van der Waals surface area contributed by atoms with E-state index in [9.17, 15) is 9.59 Å². The van der Waals surface area contributed by atoms with Gasteiger partial charge in [-0.1, -0.05) is 41.4 Å². The zero-order chi connectivity index (χ0) is 22.5.